The molecule has 1 amide bonds. The zero-order valence-corrected chi connectivity index (χ0v) is 21.8. The molecule has 9 heteroatoms. The molecule has 1 aromatic heterocycles. The second kappa shape index (κ2) is 11.7. The lowest BCUT2D eigenvalue weighted by Gasteiger charge is -2.35. The van der Waals surface area contributed by atoms with Gasteiger partial charge < -0.3 is 10.6 Å². The van der Waals surface area contributed by atoms with E-state index in [1.165, 1.54) is 9.47 Å². The maximum atomic E-state index is 13.5. The second-order valence-corrected chi connectivity index (χ2v) is 9.98. The third-order valence-electron chi connectivity index (χ3n) is 6.06. The van der Waals surface area contributed by atoms with Crippen molar-refractivity contribution in [3.05, 3.63) is 55.7 Å². The van der Waals surface area contributed by atoms with Crippen molar-refractivity contribution in [3.8, 4) is 0 Å². The number of nitrogen functional groups attached to an aromatic ring is 1. The summed E-state index contributed by atoms with van der Waals surface area (Å²) in [4.78, 5) is 42.4. The Balaban J connectivity index is 2.44. The topological polar surface area (TPSA) is 113 Å². The van der Waals surface area contributed by atoms with Crippen molar-refractivity contribution in [1.82, 2.24) is 14.9 Å². The average Bonchev–Trinajstić information content (AvgIpc) is 2.77. The largest absolute Gasteiger partial charge is 0.383 e. The molecule has 1 aromatic carbocycles. The van der Waals surface area contributed by atoms with E-state index in [0.717, 1.165) is 18.4 Å². The molecule has 1 heterocycles. The average molecular weight is 492 g/mol. The van der Waals surface area contributed by atoms with E-state index in [1.807, 2.05) is 52.0 Å². The van der Waals surface area contributed by atoms with Crippen LogP contribution in [0.2, 0.25) is 5.02 Å². The predicted octanol–water partition coefficient (Wildman–Crippen LogP) is 3.72. The zero-order chi connectivity index (χ0) is 25.6. The number of benzene rings is 1. The minimum atomic E-state index is -0.661. The fourth-order valence-corrected chi connectivity index (χ4v) is 4.31. The molecular weight excluding hydrogens is 454 g/mol. The highest BCUT2D eigenvalue weighted by molar-refractivity contribution is 6.30. The van der Waals surface area contributed by atoms with E-state index in [9.17, 15) is 14.4 Å². The van der Waals surface area contributed by atoms with Crippen LogP contribution in [0.1, 0.15) is 59.9 Å². The smallest absolute Gasteiger partial charge is 0.330 e. The van der Waals surface area contributed by atoms with Crippen molar-refractivity contribution in [3.63, 3.8) is 0 Å². The Hall–Kier alpha value is -2.58. The van der Waals surface area contributed by atoms with Crippen LogP contribution in [-0.2, 0) is 16.9 Å². The predicted molar refractivity (Wildman–Crippen MR) is 139 cm³/mol. The lowest BCUT2D eigenvalue weighted by Crippen LogP contribution is -2.50. The number of hydrogen-bond acceptors (Lipinski definition) is 5. The van der Waals surface area contributed by atoms with Gasteiger partial charge in [0.15, 0.2) is 5.69 Å². The molecule has 0 spiro atoms. The number of aromatic nitrogens is 2. The molecule has 0 unspecified atom stereocenters. The van der Waals surface area contributed by atoms with Crippen molar-refractivity contribution >= 4 is 29.0 Å². The first-order valence-corrected chi connectivity index (χ1v) is 12.3. The van der Waals surface area contributed by atoms with Crippen LogP contribution in [0.25, 0.3) is 0 Å². The van der Waals surface area contributed by atoms with Gasteiger partial charge >= 0.3 is 5.69 Å². The van der Waals surface area contributed by atoms with Crippen LogP contribution in [-0.4, -0.2) is 28.5 Å². The van der Waals surface area contributed by atoms with Crippen LogP contribution >= 0.6 is 11.6 Å². The Kier molecular flexibility index (Phi) is 9.53. The fraction of sp³-hybridized carbons (Fsp3) is 0.560. The highest BCUT2D eigenvalue weighted by Gasteiger charge is 2.31. The minimum absolute atomic E-state index is 0.000780. The number of anilines is 2. The molecule has 4 N–H and O–H groups in total. The van der Waals surface area contributed by atoms with Gasteiger partial charge in [0, 0.05) is 23.7 Å². The highest BCUT2D eigenvalue weighted by Crippen LogP contribution is 2.30. The number of hydrogen-bond donors (Lipinski definition) is 3. The highest BCUT2D eigenvalue weighted by atomic mass is 35.5. The first-order valence-electron chi connectivity index (χ1n) is 11.9. The summed E-state index contributed by atoms with van der Waals surface area (Å²) in [6.07, 6.45) is 1.51. The number of carbonyl (C=O) groups is 1. The van der Waals surface area contributed by atoms with E-state index in [1.54, 1.807) is 0 Å². The van der Waals surface area contributed by atoms with Crippen molar-refractivity contribution in [2.75, 3.05) is 23.7 Å². The van der Waals surface area contributed by atoms with E-state index in [4.69, 9.17) is 17.3 Å². The van der Waals surface area contributed by atoms with Gasteiger partial charge in [0.2, 0.25) is 5.91 Å². The van der Waals surface area contributed by atoms with E-state index in [2.05, 4.69) is 24.1 Å². The van der Waals surface area contributed by atoms with E-state index in [0.29, 0.717) is 18.1 Å². The van der Waals surface area contributed by atoms with E-state index >= 15 is 0 Å². The van der Waals surface area contributed by atoms with Gasteiger partial charge in [0.05, 0.1) is 6.54 Å². The van der Waals surface area contributed by atoms with Gasteiger partial charge in [-0.25, -0.2) is 4.79 Å². The molecule has 0 radical (unpaired) electrons. The molecule has 8 nitrogen and oxygen atoms in total. The zero-order valence-electron chi connectivity index (χ0n) is 21.1. The van der Waals surface area contributed by atoms with E-state index < -0.39 is 16.8 Å². The number of nitrogens with zero attached hydrogens (tertiary/aromatic N) is 2. The van der Waals surface area contributed by atoms with E-state index in [-0.39, 0.29) is 35.8 Å². The summed E-state index contributed by atoms with van der Waals surface area (Å²) < 4.78 is 1.32. The Morgan fingerprint density at radius 3 is 2.21 bits per heavy atom. The Morgan fingerprint density at radius 1 is 1.12 bits per heavy atom. The molecule has 0 aliphatic carbocycles. The molecule has 0 saturated carbocycles. The number of halogens is 1. The summed E-state index contributed by atoms with van der Waals surface area (Å²) in [5, 5.41) is 4.08. The van der Waals surface area contributed by atoms with Crippen molar-refractivity contribution in [2.45, 2.75) is 66.5 Å². The van der Waals surface area contributed by atoms with Crippen LogP contribution in [0.5, 0.6) is 0 Å². The maximum Gasteiger partial charge on any atom is 0.330 e. The van der Waals surface area contributed by atoms with Gasteiger partial charge in [-0.05, 0) is 42.4 Å². The molecule has 0 aliphatic rings. The van der Waals surface area contributed by atoms with Crippen LogP contribution in [0.4, 0.5) is 11.5 Å². The summed E-state index contributed by atoms with van der Waals surface area (Å²) in [5.74, 6) is -0.0809. The van der Waals surface area contributed by atoms with Gasteiger partial charge in [0.1, 0.15) is 5.82 Å². The number of amides is 1. The summed E-state index contributed by atoms with van der Waals surface area (Å²) in [5.41, 5.74) is 5.69. The van der Waals surface area contributed by atoms with Crippen LogP contribution in [0, 0.1) is 11.8 Å². The summed E-state index contributed by atoms with van der Waals surface area (Å²) in [6.45, 7) is 12.6. The van der Waals surface area contributed by atoms with Crippen molar-refractivity contribution in [1.29, 1.82) is 0 Å². The maximum absolute atomic E-state index is 13.5. The number of carbonyl (C=O) groups excluding carboxylic acids is 1. The van der Waals surface area contributed by atoms with Crippen LogP contribution in [0.15, 0.2) is 33.9 Å². The van der Waals surface area contributed by atoms with Gasteiger partial charge in [-0.2, -0.15) is 0 Å². The summed E-state index contributed by atoms with van der Waals surface area (Å²) in [7, 11) is 0. The van der Waals surface area contributed by atoms with Crippen molar-refractivity contribution < 1.29 is 4.79 Å². The summed E-state index contributed by atoms with van der Waals surface area (Å²) >= 11 is 6.07. The number of rotatable bonds is 11. The number of nitrogens with one attached hydrogen (secondary N) is 2. The Labute approximate surface area is 206 Å². The van der Waals surface area contributed by atoms with Gasteiger partial charge in [0.25, 0.3) is 5.56 Å². The molecule has 0 bridgehead atoms. The molecule has 0 atom stereocenters. The Morgan fingerprint density at radius 2 is 1.71 bits per heavy atom. The monoisotopic (exact) mass is 491 g/mol. The lowest BCUT2D eigenvalue weighted by molar-refractivity contribution is -0.118. The molecule has 34 heavy (non-hydrogen) atoms. The third kappa shape index (κ3) is 6.30. The standard InChI is InChI=1S/C25H38ClN5O3/c1-7-25(8-2,18-9-11-19(26)12-10-18)28-13-20(32)30(14-16(3)4)21-22(27)31(15-17(5)6)24(34)29-23(21)33/h9-12,16-17,28H,7-8,13-15,27H2,1-6H3,(H,29,33,34). The molecule has 0 saturated heterocycles. The van der Waals surface area contributed by atoms with Gasteiger partial charge in [-0.1, -0.05) is 65.3 Å². The normalized spacial score (nSPS) is 11.9. The molecule has 2 aromatic rings. The third-order valence-corrected chi connectivity index (χ3v) is 6.31. The fourth-order valence-electron chi connectivity index (χ4n) is 4.19. The lowest BCUT2D eigenvalue weighted by atomic mass is 9.84. The SMILES string of the molecule is CCC(CC)(NCC(=O)N(CC(C)C)c1c(N)n(CC(C)C)c(=O)[nH]c1=O)c1ccc(Cl)cc1. The Bertz CT molecular complexity index is 1090. The summed E-state index contributed by atoms with van der Waals surface area (Å²) in [6, 6.07) is 7.60. The first-order chi connectivity index (χ1) is 16.0. The molecule has 0 fully saturated rings. The molecule has 2 rings (SSSR count). The van der Waals surface area contributed by atoms with Gasteiger partial charge in [-0.3, -0.25) is 24.5 Å². The number of aromatic amines is 1. The van der Waals surface area contributed by atoms with Crippen molar-refractivity contribution in [2.24, 2.45) is 11.8 Å². The second-order valence-electron chi connectivity index (χ2n) is 9.55. The minimum Gasteiger partial charge on any atom is -0.383 e. The number of H-pyrrole nitrogens is 1. The molecule has 188 valence electrons. The van der Waals surface area contributed by atoms with Crippen LogP contribution in [0.3, 0.4) is 0 Å². The quantitative estimate of drug-likeness (QED) is 0.443. The molecule has 0 aliphatic heterocycles. The molecular formula is C25H38ClN5O3. The van der Waals surface area contributed by atoms with Crippen LogP contribution < -0.4 is 27.2 Å². The first kappa shape index (κ1) is 27.7. The number of nitrogens with two attached hydrogens (primary N) is 1. The van der Waals surface area contributed by atoms with Gasteiger partial charge in [-0.15, -0.1) is 0 Å².